The predicted octanol–water partition coefficient (Wildman–Crippen LogP) is 4.73. The fourth-order valence-electron chi connectivity index (χ4n) is 1.56. The van der Waals surface area contributed by atoms with Crippen molar-refractivity contribution >= 4 is 0 Å². The van der Waals surface area contributed by atoms with Crippen molar-refractivity contribution in [3.8, 4) is 0 Å². The van der Waals surface area contributed by atoms with Crippen LogP contribution in [0.1, 0.15) is 52.9 Å². The van der Waals surface area contributed by atoms with Crippen molar-refractivity contribution in [2.45, 2.75) is 52.9 Å². The molecular weight excluding hydrogens is 156 g/mol. The molecule has 0 atom stereocenters. The standard InChI is InChI=1S/C13H24/c1-4-7-8-9-12-13(10-5-2)11-6-3/h4,7,9,12-13H,5-6,8,10-11H2,1-3H3. The van der Waals surface area contributed by atoms with E-state index in [9.17, 15) is 0 Å². The first-order valence-corrected chi connectivity index (χ1v) is 5.62. The lowest BCUT2D eigenvalue weighted by atomic mass is 9.97. The van der Waals surface area contributed by atoms with E-state index in [1.165, 1.54) is 25.7 Å². The third-order valence-corrected chi connectivity index (χ3v) is 2.24. The third kappa shape index (κ3) is 7.83. The molecule has 0 aliphatic carbocycles. The normalized spacial score (nSPS) is 12.3. The molecule has 0 saturated carbocycles. The van der Waals surface area contributed by atoms with Crippen LogP contribution in [0.2, 0.25) is 0 Å². The molecule has 0 saturated heterocycles. The molecule has 76 valence electrons. The van der Waals surface area contributed by atoms with Crippen LogP contribution in [-0.4, -0.2) is 0 Å². The van der Waals surface area contributed by atoms with Gasteiger partial charge in [-0.05, 0) is 32.1 Å². The molecule has 0 fully saturated rings. The van der Waals surface area contributed by atoms with E-state index in [1.54, 1.807) is 0 Å². The van der Waals surface area contributed by atoms with Crippen molar-refractivity contribution in [2.24, 2.45) is 5.92 Å². The van der Waals surface area contributed by atoms with Crippen LogP contribution in [0.15, 0.2) is 24.3 Å². The fraction of sp³-hybridized carbons (Fsp3) is 0.692. The highest BCUT2D eigenvalue weighted by Crippen LogP contribution is 2.14. The van der Waals surface area contributed by atoms with E-state index < -0.39 is 0 Å². The largest absolute Gasteiger partial charge is 0.0914 e. The molecule has 0 rings (SSSR count). The van der Waals surface area contributed by atoms with Gasteiger partial charge in [-0.2, -0.15) is 0 Å². The number of hydrogen-bond acceptors (Lipinski definition) is 0. The van der Waals surface area contributed by atoms with E-state index in [2.05, 4.69) is 45.1 Å². The number of hydrogen-bond donors (Lipinski definition) is 0. The van der Waals surface area contributed by atoms with E-state index in [0.29, 0.717) is 0 Å². The maximum Gasteiger partial charge on any atom is -0.0169 e. The molecule has 13 heavy (non-hydrogen) atoms. The molecule has 0 nitrogen and oxygen atoms in total. The number of rotatable bonds is 7. The van der Waals surface area contributed by atoms with Gasteiger partial charge in [0, 0.05) is 0 Å². The van der Waals surface area contributed by atoms with Gasteiger partial charge in [0.15, 0.2) is 0 Å². The first kappa shape index (κ1) is 12.5. The van der Waals surface area contributed by atoms with Gasteiger partial charge in [0.1, 0.15) is 0 Å². The predicted molar refractivity (Wildman–Crippen MR) is 61.9 cm³/mol. The summed E-state index contributed by atoms with van der Waals surface area (Å²) in [5.74, 6) is 0.820. The van der Waals surface area contributed by atoms with Crippen molar-refractivity contribution < 1.29 is 0 Å². The van der Waals surface area contributed by atoms with Crippen LogP contribution in [0.4, 0.5) is 0 Å². The molecule has 0 aliphatic heterocycles. The molecule has 0 heterocycles. The first-order valence-electron chi connectivity index (χ1n) is 5.62. The van der Waals surface area contributed by atoms with E-state index in [0.717, 1.165) is 12.3 Å². The van der Waals surface area contributed by atoms with Gasteiger partial charge in [0.05, 0.1) is 0 Å². The summed E-state index contributed by atoms with van der Waals surface area (Å²) in [6.45, 7) is 6.61. The minimum Gasteiger partial charge on any atom is -0.0914 e. The molecule has 0 aromatic carbocycles. The van der Waals surface area contributed by atoms with E-state index in [-0.39, 0.29) is 0 Å². The van der Waals surface area contributed by atoms with Gasteiger partial charge in [0.25, 0.3) is 0 Å². The van der Waals surface area contributed by atoms with Gasteiger partial charge in [-0.3, -0.25) is 0 Å². The summed E-state index contributed by atoms with van der Waals surface area (Å²) in [7, 11) is 0. The van der Waals surface area contributed by atoms with Gasteiger partial charge in [-0.1, -0.05) is 51.0 Å². The Labute approximate surface area is 83.7 Å². The summed E-state index contributed by atoms with van der Waals surface area (Å²) in [6, 6.07) is 0. The second-order valence-corrected chi connectivity index (χ2v) is 3.57. The quantitative estimate of drug-likeness (QED) is 0.497. The van der Waals surface area contributed by atoms with Crippen LogP contribution in [0.3, 0.4) is 0 Å². The van der Waals surface area contributed by atoms with E-state index in [4.69, 9.17) is 0 Å². The second-order valence-electron chi connectivity index (χ2n) is 3.57. The summed E-state index contributed by atoms with van der Waals surface area (Å²) in [5.41, 5.74) is 0. The van der Waals surface area contributed by atoms with Crippen LogP contribution in [-0.2, 0) is 0 Å². The van der Waals surface area contributed by atoms with Crippen molar-refractivity contribution in [1.29, 1.82) is 0 Å². The van der Waals surface area contributed by atoms with Crippen LogP contribution >= 0.6 is 0 Å². The molecule has 0 aromatic rings. The highest BCUT2D eigenvalue weighted by Gasteiger charge is 2.00. The summed E-state index contributed by atoms with van der Waals surface area (Å²) in [5, 5.41) is 0. The Morgan fingerprint density at radius 1 is 1.00 bits per heavy atom. The smallest absolute Gasteiger partial charge is 0.0169 e. The molecule has 0 amide bonds. The van der Waals surface area contributed by atoms with Crippen molar-refractivity contribution in [3.05, 3.63) is 24.3 Å². The Balaban J connectivity index is 3.71. The average molecular weight is 180 g/mol. The fourth-order valence-corrected chi connectivity index (χ4v) is 1.56. The molecule has 0 aliphatic rings. The molecule has 0 spiro atoms. The van der Waals surface area contributed by atoms with E-state index >= 15 is 0 Å². The lowest BCUT2D eigenvalue weighted by molar-refractivity contribution is 0.529. The summed E-state index contributed by atoms with van der Waals surface area (Å²) < 4.78 is 0. The molecule has 0 bridgehead atoms. The molecule has 0 N–H and O–H groups in total. The Morgan fingerprint density at radius 3 is 2.08 bits per heavy atom. The zero-order valence-electron chi connectivity index (χ0n) is 9.42. The minimum atomic E-state index is 0.820. The van der Waals surface area contributed by atoms with Crippen molar-refractivity contribution in [3.63, 3.8) is 0 Å². The summed E-state index contributed by atoms with van der Waals surface area (Å²) in [4.78, 5) is 0. The van der Waals surface area contributed by atoms with Crippen LogP contribution in [0.25, 0.3) is 0 Å². The zero-order valence-corrected chi connectivity index (χ0v) is 9.42. The Bertz CT molecular complexity index is 136. The highest BCUT2D eigenvalue weighted by molar-refractivity contribution is 4.94. The summed E-state index contributed by atoms with van der Waals surface area (Å²) >= 11 is 0. The van der Waals surface area contributed by atoms with E-state index in [1.807, 2.05) is 0 Å². The van der Waals surface area contributed by atoms with Crippen LogP contribution in [0.5, 0.6) is 0 Å². The van der Waals surface area contributed by atoms with Gasteiger partial charge in [-0.15, -0.1) is 0 Å². The Morgan fingerprint density at radius 2 is 1.62 bits per heavy atom. The molecule has 0 radical (unpaired) electrons. The molecule has 0 heteroatoms. The summed E-state index contributed by atoms with van der Waals surface area (Å²) in [6.07, 6.45) is 15.4. The monoisotopic (exact) mass is 180 g/mol. The van der Waals surface area contributed by atoms with Gasteiger partial charge >= 0.3 is 0 Å². The van der Waals surface area contributed by atoms with Crippen LogP contribution in [0, 0.1) is 5.92 Å². The maximum atomic E-state index is 2.40. The minimum absolute atomic E-state index is 0.820. The van der Waals surface area contributed by atoms with Gasteiger partial charge in [0.2, 0.25) is 0 Å². The Hall–Kier alpha value is -0.520. The Kier molecular flexibility index (Phi) is 9.18. The van der Waals surface area contributed by atoms with Crippen LogP contribution < -0.4 is 0 Å². The molecular formula is C13H24. The average Bonchev–Trinajstić information content (AvgIpc) is 2.13. The SMILES string of the molecule is CC=CCC=CC(CCC)CCC. The molecule has 0 unspecified atom stereocenters. The van der Waals surface area contributed by atoms with Gasteiger partial charge in [-0.25, -0.2) is 0 Å². The lowest BCUT2D eigenvalue weighted by Crippen LogP contribution is -1.94. The highest BCUT2D eigenvalue weighted by atomic mass is 14.1. The zero-order chi connectivity index (χ0) is 9.94. The van der Waals surface area contributed by atoms with Crippen molar-refractivity contribution in [1.82, 2.24) is 0 Å². The third-order valence-electron chi connectivity index (χ3n) is 2.24. The molecule has 0 aromatic heterocycles. The second kappa shape index (κ2) is 9.57. The van der Waals surface area contributed by atoms with Crippen molar-refractivity contribution in [2.75, 3.05) is 0 Å². The lowest BCUT2D eigenvalue weighted by Gasteiger charge is -2.08. The maximum absolute atomic E-state index is 2.40. The topological polar surface area (TPSA) is 0 Å². The van der Waals surface area contributed by atoms with Gasteiger partial charge < -0.3 is 0 Å². The first-order chi connectivity index (χ1) is 6.35. The number of allylic oxidation sites excluding steroid dienone is 4.